The second kappa shape index (κ2) is 7.48. The number of rotatable bonds is 5. The van der Waals surface area contributed by atoms with Crippen LogP contribution in [-0.4, -0.2) is 57.4 Å². The van der Waals surface area contributed by atoms with E-state index in [-0.39, 0.29) is 0 Å². The number of aromatic amines is 1. The number of nitrogens with zero attached hydrogens (tertiary/aromatic N) is 1. The van der Waals surface area contributed by atoms with Gasteiger partial charge in [0.25, 0.3) is 5.56 Å². The summed E-state index contributed by atoms with van der Waals surface area (Å²) in [7, 11) is 0. The van der Waals surface area contributed by atoms with Crippen molar-refractivity contribution in [2.75, 3.05) is 13.4 Å². The lowest BCUT2D eigenvalue weighted by Gasteiger charge is -2.23. The number of hydrogen-bond donors (Lipinski definition) is 3. The van der Waals surface area contributed by atoms with Gasteiger partial charge in [0.2, 0.25) is 0 Å². The average molecular weight is 358 g/mol. The largest absolute Gasteiger partial charge is 0.438 e. The molecule has 1 aliphatic rings. The molecule has 1 saturated heterocycles. The number of ether oxygens (including phenoxy) is 3. The summed E-state index contributed by atoms with van der Waals surface area (Å²) in [5.74, 6) is -0.502. The molecule has 0 unspecified atom stereocenters. The molecule has 0 spiro atoms. The fourth-order valence-electron chi connectivity index (χ4n) is 2.28. The topological polar surface area (TPSA) is 140 Å². The molecule has 2 rings (SSSR count). The Morgan fingerprint density at radius 3 is 2.64 bits per heavy atom. The van der Waals surface area contributed by atoms with Crippen LogP contribution < -0.4 is 11.2 Å². The van der Waals surface area contributed by atoms with Crippen molar-refractivity contribution < 1.29 is 29.2 Å². The molecule has 0 aromatic carbocycles. The molecular formula is C15H22N2O8. The molecule has 25 heavy (non-hydrogen) atoms. The van der Waals surface area contributed by atoms with E-state index < -0.39 is 60.6 Å². The number of nitrogens with one attached hydrogen (secondary N) is 1. The summed E-state index contributed by atoms with van der Waals surface area (Å²) in [6, 6.07) is 1.11. The maximum Gasteiger partial charge on any atom is 0.330 e. The molecule has 10 heteroatoms. The zero-order valence-corrected chi connectivity index (χ0v) is 14.2. The van der Waals surface area contributed by atoms with Crippen LogP contribution in [0, 0.1) is 5.41 Å². The Hall–Kier alpha value is -2.01. The first-order valence-corrected chi connectivity index (χ1v) is 7.70. The minimum absolute atomic E-state index is 0.464. The minimum Gasteiger partial charge on any atom is -0.438 e. The highest BCUT2D eigenvalue weighted by Crippen LogP contribution is 2.30. The van der Waals surface area contributed by atoms with Gasteiger partial charge in [-0.2, -0.15) is 0 Å². The van der Waals surface area contributed by atoms with Crippen LogP contribution in [0.3, 0.4) is 0 Å². The highest BCUT2D eigenvalue weighted by atomic mass is 16.7. The van der Waals surface area contributed by atoms with Gasteiger partial charge in [0, 0.05) is 12.3 Å². The van der Waals surface area contributed by atoms with E-state index in [1.54, 1.807) is 20.8 Å². The summed E-state index contributed by atoms with van der Waals surface area (Å²) in [5.41, 5.74) is -2.07. The molecule has 1 aliphatic heterocycles. The van der Waals surface area contributed by atoms with Crippen LogP contribution >= 0.6 is 0 Å². The molecule has 1 aromatic rings. The lowest BCUT2D eigenvalue weighted by molar-refractivity contribution is -0.179. The van der Waals surface area contributed by atoms with Gasteiger partial charge in [0.05, 0.1) is 12.0 Å². The van der Waals surface area contributed by atoms with E-state index in [2.05, 4.69) is 4.98 Å². The normalized spacial score (nSPS) is 26.6. The Morgan fingerprint density at radius 2 is 2.08 bits per heavy atom. The monoisotopic (exact) mass is 358 g/mol. The van der Waals surface area contributed by atoms with Crippen molar-refractivity contribution in [3.05, 3.63) is 33.1 Å². The Kier molecular flexibility index (Phi) is 5.78. The molecule has 0 bridgehead atoms. The number of carbonyl (C=O) groups is 1. The summed E-state index contributed by atoms with van der Waals surface area (Å²) in [6.07, 6.45) is -3.26. The zero-order chi connectivity index (χ0) is 18.8. The SMILES string of the molecule is CC(C)(C)C(=O)OCO[C@@H]1[C@H](O)[C@@H](CO)O[C@H]1n1ccc(=O)[nH]c1=O. The van der Waals surface area contributed by atoms with Crippen LogP contribution in [0.25, 0.3) is 0 Å². The first-order valence-electron chi connectivity index (χ1n) is 7.70. The molecule has 4 atom stereocenters. The van der Waals surface area contributed by atoms with Crippen molar-refractivity contribution >= 4 is 5.97 Å². The van der Waals surface area contributed by atoms with Crippen LogP contribution in [0.2, 0.25) is 0 Å². The Labute approximate surface area is 143 Å². The van der Waals surface area contributed by atoms with Crippen LogP contribution in [-0.2, 0) is 19.0 Å². The summed E-state index contributed by atoms with van der Waals surface area (Å²) >= 11 is 0. The van der Waals surface area contributed by atoms with Gasteiger partial charge in [-0.25, -0.2) is 4.79 Å². The van der Waals surface area contributed by atoms with Gasteiger partial charge in [-0.1, -0.05) is 0 Å². The van der Waals surface area contributed by atoms with Crippen LogP contribution in [0.15, 0.2) is 21.9 Å². The van der Waals surface area contributed by atoms with Gasteiger partial charge in [0.1, 0.15) is 18.3 Å². The highest BCUT2D eigenvalue weighted by molar-refractivity contribution is 5.75. The molecule has 0 aliphatic carbocycles. The van der Waals surface area contributed by atoms with Crippen molar-refractivity contribution in [1.82, 2.24) is 9.55 Å². The number of aliphatic hydroxyl groups is 2. The standard InChI is InChI=1S/C15H22N2O8/c1-15(2,3)13(21)24-7-23-11-10(20)8(6-18)25-12(11)17-5-4-9(19)16-14(17)22/h4-5,8,10-12,18,20H,6-7H2,1-3H3,(H,16,19,22)/t8-,10-,11-,12-/m1/s1. The van der Waals surface area contributed by atoms with Gasteiger partial charge >= 0.3 is 11.7 Å². The first kappa shape index (κ1) is 19.3. The van der Waals surface area contributed by atoms with Crippen molar-refractivity contribution in [2.45, 2.75) is 45.3 Å². The lowest BCUT2D eigenvalue weighted by atomic mass is 9.98. The van der Waals surface area contributed by atoms with Gasteiger partial charge < -0.3 is 24.4 Å². The molecule has 0 radical (unpaired) electrons. The second-order valence-corrected chi connectivity index (χ2v) is 6.69. The maximum atomic E-state index is 11.9. The third kappa shape index (κ3) is 4.34. The first-order chi connectivity index (χ1) is 11.6. The van der Waals surface area contributed by atoms with Crippen LogP contribution in [0.1, 0.15) is 27.0 Å². The Balaban J connectivity index is 2.15. The third-order valence-corrected chi connectivity index (χ3v) is 3.68. The fraction of sp³-hybridized carbons (Fsp3) is 0.667. The number of carbonyl (C=O) groups excluding carboxylic acids is 1. The molecular weight excluding hydrogens is 336 g/mol. The van der Waals surface area contributed by atoms with Crippen molar-refractivity contribution in [1.29, 1.82) is 0 Å². The van der Waals surface area contributed by atoms with E-state index in [0.717, 1.165) is 10.6 Å². The number of H-pyrrole nitrogens is 1. The smallest absolute Gasteiger partial charge is 0.330 e. The quantitative estimate of drug-likeness (QED) is 0.437. The third-order valence-electron chi connectivity index (χ3n) is 3.68. The average Bonchev–Trinajstić information content (AvgIpc) is 2.83. The fourth-order valence-corrected chi connectivity index (χ4v) is 2.28. The van der Waals surface area contributed by atoms with Crippen LogP contribution in [0.4, 0.5) is 0 Å². The summed E-state index contributed by atoms with van der Waals surface area (Å²) < 4.78 is 16.8. The number of esters is 1. The second-order valence-electron chi connectivity index (χ2n) is 6.69. The van der Waals surface area contributed by atoms with E-state index in [1.165, 1.54) is 6.20 Å². The number of aromatic nitrogens is 2. The Morgan fingerprint density at radius 1 is 1.40 bits per heavy atom. The molecule has 1 aromatic heterocycles. The number of aliphatic hydroxyl groups excluding tert-OH is 2. The molecule has 2 heterocycles. The molecule has 1 fully saturated rings. The summed E-state index contributed by atoms with van der Waals surface area (Å²) in [5, 5.41) is 19.5. The maximum absolute atomic E-state index is 11.9. The van der Waals surface area contributed by atoms with Gasteiger partial charge in [-0.3, -0.25) is 19.1 Å². The summed E-state index contributed by atoms with van der Waals surface area (Å²) in [6.45, 7) is 4.05. The number of hydrogen-bond acceptors (Lipinski definition) is 8. The van der Waals surface area contributed by atoms with Crippen molar-refractivity contribution in [3.63, 3.8) is 0 Å². The Bertz CT molecular complexity index is 719. The molecule has 0 amide bonds. The van der Waals surface area contributed by atoms with E-state index >= 15 is 0 Å². The van der Waals surface area contributed by atoms with Gasteiger partial charge in [-0.05, 0) is 20.8 Å². The van der Waals surface area contributed by atoms with Gasteiger partial charge in [-0.15, -0.1) is 0 Å². The highest BCUT2D eigenvalue weighted by Gasteiger charge is 2.46. The molecule has 3 N–H and O–H groups in total. The van der Waals surface area contributed by atoms with Crippen molar-refractivity contribution in [3.8, 4) is 0 Å². The molecule has 10 nitrogen and oxygen atoms in total. The zero-order valence-electron chi connectivity index (χ0n) is 14.2. The lowest BCUT2D eigenvalue weighted by Crippen LogP contribution is -2.40. The van der Waals surface area contributed by atoms with E-state index in [0.29, 0.717) is 0 Å². The molecule has 140 valence electrons. The van der Waals surface area contributed by atoms with E-state index in [9.17, 15) is 24.6 Å². The van der Waals surface area contributed by atoms with E-state index in [4.69, 9.17) is 14.2 Å². The van der Waals surface area contributed by atoms with Crippen LogP contribution in [0.5, 0.6) is 0 Å². The van der Waals surface area contributed by atoms with Crippen molar-refractivity contribution in [2.24, 2.45) is 5.41 Å². The summed E-state index contributed by atoms with van der Waals surface area (Å²) in [4.78, 5) is 36.9. The predicted molar refractivity (Wildman–Crippen MR) is 83.6 cm³/mol. The predicted octanol–water partition coefficient (Wildman–Crippen LogP) is -1.28. The van der Waals surface area contributed by atoms with E-state index in [1.807, 2.05) is 0 Å². The molecule has 0 saturated carbocycles. The van der Waals surface area contributed by atoms with Gasteiger partial charge in [0.15, 0.2) is 13.0 Å². The minimum atomic E-state index is -1.26.